The third kappa shape index (κ3) is 4.67. The molecule has 0 radical (unpaired) electrons. The minimum Gasteiger partial charge on any atom is -0.496 e. The summed E-state index contributed by atoms with van der Waals surface area (Å²) in [6.07, 6.45) is 0.0188. The fourth-order valence-electron chi connectivity index (χ4n) is 3.55. The molecule has 1 fully saturated rings. The van der Waals surface area contributed by atoms with Crippen molar-refractivity contribution in [3.05, 3.63) is 35.2 Å². The smallest absolute Gasteiger partial charge is 0.243 e. The average Bonchev–Trinajstić information content (AvgIpc) is 2.68. The lowest BCUT2D eigenvalue weighted by Gasteiger charge is -2.35. The summed E-state index contributed by atoms with van der Waals surface area (Å²) < 4.78 is 39.1. The van der Waals surface area contributed by atoms with Crippen LogP contribution in [0.2, 0.25) is 0 Å². The number of piperazine rings is 1. The number of methoxy groups -OCH3 is 1. The molecule has 0 aliphatic carbocycles. The zero-order valence-electron chi connectivity index (χ0n) is 18.5. The number of hydrogen-bond donors (Lipinski definition) is 0. The number of ether oxygens (including phenoxy) is 2. The first-order chi connectivity index (χ1) is 14.1. The second-order valence-corrected chi connectivity index (χ2v) is 9.66. The Bertz CT molecular complexity index is 1020. The summed E-state index contributed by atoms with van der Waals surface area (Å²) in [6, 6.07) is 5.28. The van der Waals surface area contributed by atoms with Crippen molar-refractivity contribution in [3.8, 4) is 11.6 Å². The highest BCUT2D eigenvalue weighted by Gasteiger charge is 2.31. The lowest BCUT2D eigenvalue weighted by Crippen LogP contribution is -2.49. The summed E-state index contributed by atoms with van der Waals surface area (Å²) in [5.74, 6) is 2.61. The number of benzene rings is 1. The Hall–Kier alpha value is -2.39. The molecule has 1 aliphatic rings. The normalized spacial score (nSPS) is 15.5. The van der Waals surface area contributed by atoms with Crippen molar-refractivity contribution in [1.29, 1.82) is 0 Å². The fraction of sp³-hybridized carbons (Fsp3) is 0.524. The summed E-state index contributed by atoms with van der Waals surface area (Å²) in [4.78, 5) is 11.2. The molecule has 0 unspecified atom stereocenters. The molecule has 1 aliphatic heterocycles. The number of rotatable bonds is 6. The van der Waals surface area contributed by atoms with Gasteiger partial charge in [-0.3, -0.25) is 0 Å². The molecule has 1 aromatic heterocycles. The molecule has 164 valence electrons. The Morgan fingerprint density at radius 2 is 1.63 bits per heavy atom. The van der Waals surface area contributed by atoms with Crippen molar-refractivity contribution in [2.24, 2.45) is 0 Å². The molecule has 0 saturated carbocycles. The highest BCUT2D eigenvalue weighted by atomic mass is 32.2. The van der Waals surface area contributed by atoms with Gasteiger partial charge in [0.05, 0.1) is 18.1 Å². The molecule has 0 N–H and O–H groups in total. The first kappa shape index (κ1) is 22.3. The van der Waals surface area contributed by atoms with Crippen LogP contribution >= 0.6 is 0 Å². The van der Waals surface area contributed by atoms with Gasteiger partial charge in [0, 0.05) is 32.2 Å². The van der Waals surface area contributed by atoms with Gasteiger partial charge < -0.3 is 14.4 Å². The molecular formula is C21H30N4O4S. The van der Waals surface area contributed by atoms with Crippen LogP contribution in [0.3, 0.4) is 0 Å². The summed E-state index contributed by atoms with van der Waals surface area (Å²) >= 11 is 0. The van der Waals surface area contributed by atoms with Gasteiger partial charge in [0.2, 0.25) is 15.9 Å². The molecule has 2 aromatic rings. The molecule has 3 rings (SSSR count). The molecule has 2 heterocycles. The Labute approximate surface area is 178 Å². The van der Waals surface area contributed by atoms with Crippen molar-refractivity contribution in [2.45, 2.75) is 45.6 Å². The largest absolute Gasteiger partial charge is 0.496 e. The van der Waals surface area contributed by atoms with Crippen LogP contribution in [0.4, 0.5) is 5.82 Å². The van der Waals surface area contributed by atoms with E-state index in [2.05, 4.69) is 14.9 Å². The highest BCUT2D eigenvalue weighted by Crippen LogP contribution is 2.29. The van der Waals surface area contributed by atoms with Crippen LogP contribution in [0.25, 0.3) is 0 Å². The van der Waals surface area contributed by atoms with Crippen molar-refractivity contribution in [2.75, 3.05) is 38.2 Å². The zero-order valence-corrected chi connectivity index (χ0v) is 19.3. The summed E-state index contributed by atoms with van der Waals surface area (Å²) in [5.41, 5.74) is 1.48. The van der Waals surface area contributed by atoms with Crippen LogP contribution in [-0.4, -0.2) is 62.1 Å². The second-order valence-electron chi connectivity index (χ2n) is 7.76. The lowest BCUT2D eigenvalue weighted by molar-refractivity contribution is 0.231. The second kappa shape index (κ2) is 8.77. The molecule has 0 atom stereocenters. The molecule has 1 aromatic carbocycles. The van der Waals surface area contributed by atoms with Gasteiger partial charge in [-0.2, -0.15) is 9.29 Å². The minimum absolute atomic E-state index is 0.0188. The number of anilines is 1. The molecule has 0 amide bonds. The van der Waals surface area contributed by atoms with Gasteiger partial charge in [0.25, 0.3) is 0 Å². The average molecular weight is 435 g/mol. The van der Waals surface area contributed by atoms with Gasteiger partial charge in [-0.05, 0) is 57.9 Å². The number of nitrogens with zero attached hydrogens (tertiary/aromatic N) is 4. The minimum atomic E-state index is -3.58. The van der Waals surface area contributed by atoms with E-state index >= 15 is 0 Å². The maximum absolute atomic E-state index is 13.3. The van der Waals surface area contributed by atoms with Gasteiger partial charge in [-0.25, -0.2) is 13.4 Å². The molecule has 0 bridgehead atoms. The number of aromatic nitrogens is 2. The van der Waals surface area contributed by atoms with E-state index in [1.54, 1.807) is 26.2 Å². The number of sulfonamides is 1. The van der Waals surface area contributed by atoms with E-state index in [1.165, 1.54) is 4.31 Å². The number of aryl methyl sites for hydroxylation is 3. The van der Waals surface area contributed by atoms with E-state index in [1.807, 2.05) is 33.8 Å². The Morgan fingerprint density at radius 1 is 0.967 bits per heavy atom. The van der Waals surface area contributed by atoms with Gasteiger partial charge in [0.1, 0.15) is 17.4 Å². The standard InChI is InChI=1S/C21H30N4O4S/c1-14(2)29-21-13-20(22-17(5)23-21)24-7-9-25(10-8-24)30(26,27)19-12-15(3)18(28-6)11-16(19)4/h11-14H,7-10H2,1-6H3. The topological polar surface area (TPSA) is 84.9 Å². The van der Waals surface area contributed by atoms with E-state index < -0.39 is 10.0 Å². The van der Waals surface area contributed by atoms with Crippen LogP contribution in [0.1, 0.15) is 30.8 Å². The maximum Gasteiger partial charge on any atom is 0.243 e. The molecule has 8 nitrogen and oxygen atoms in total. The van der Waals surface area contributed by atoms with E-state index in [0.717, 1.165) is 11.4 Å². The number of hydrogen-bond acceptors (Lipinski definition) is 7. The Balaban J connectivity index is 1.77. The third-order valence-electron chi connectivity index (χ3n) is 5.03. The summed E-state index contributed by atoms with van der Waals surface area (Å²) in [7, 11) is -2.00. The van der Waals surface area contributed by atoms with Crippen LogP contribution < -0.4 is 14.4 Å². The first-order valence-corrected chi connectivity index (χ1v) is 11.5. The highest BCUT2D eigenvalue weighted by molar-refractivity contribution is 7.89. The SMILES string of the molecule is COc1cc(C)c(S(=O)(=O)N2CCN(c3cc(OC(C)C)nc(C)n3)CC2)cc1C. The lowest BCUT2D eigenvalue weighted by atomic mass is 10.1. The van der Waals surface area contributed by atoms with Crippen LogP contribution in [0.15, 0.2) is 23.1 Å². The molecule has 30 heavy (non-hydrogen) atoms. The molecule has 9 heteroatoms. The third-order valence-corrected chi connectivity index (χ3v) is 7.07. The molecule has 1 saturated heterocycles. The quantitative estimate of drug-likeness (QED) is 0.691. The predicted octanol–water partition coefficient (Wildman–Crippen LogP) is 2.71. The van der Waals surface area contributed by atoms with Gasteiger partial charge in [-0.1, -0.05) is 0 Å². The van der Waals surface area contributed by atoms with Crippen LogP contribution in [0.5, 0.6) is 11.6 Å². The Kier molecular flexibility index (Phi) is 6.52. The van der Waals surface area contributed by atoms with E-state index in [4.69, 9.17) is 9.47 Å². The van der Waals surface area contributed by atoms with E-state index in [0.29, 0.717) is 54.1 Å². The van der Waals surface area contributed by atoms with Crippen LogP contribution in [0, 0.1) is 20.8 Å². The maximum atomic E-state index is 13.3. The zero-order chi connectivity index (χ0) is 22.1. The van der Waals surface area contributed by atoms with E-state index in [9.17, 15) is 8.42 Å². The van der Waals surface area contributed by atoms with Gasteiger partial charge in [-0.15, -0.1) is 0 Å². The summed E-state index contributed by atoms with van der Waals surface area (Å²) in [5, 5.41) is 0. The molecular weight excluding hydrogens is 404 g/mol. The fourth-order valence-corrected chi connectivity index (χ4v) is 5.26. The van der Waals surface area contributed by atoms with Gasteiger partial charge >= 0.3 is 0 Å². The predicted molar refractivity (Wildman–Crippen MR) is 116 cm³/mol. The Morgan fingerprint density at radius 3 is 2.23 bits per heavy atom. The first-order valence-electron chi connectivity index (χ1n) is 10.0. The van der Waals surface area contributed by atoms with E-state index in [-0.39, 0.29) is 6.10 Å². The van der Waals surface area contributed by atoms with Crippen molar-refractivity contribution in [3.63, 3.8) is 0 Å². The van der Waals surface area contributed by atoms with Gasteiger partial charge in [0.15, 0.2) is 0 Å². The summed E-state index contributed by atoms with van der Waals surface area (Å²) in [6.45, 7) is 11.2. The van der Waals surface area contributed by atoms with Crippen molar-refractivity contribution >= 4 is 15.8 Å². The monoisotopic (exact) mass is 434 g/mol. The van der Waals surface area contributed by atoms with Crippen molar-refractivity contribution < 1.29 is 17.9 Å². The van der Waals surface area contributed by atoms with Crippen LogP contribution in [-0.2, 0) is 10.0 Å². The molecule has 0 spiro atoms. The van der Waals surface area contributed by atoms with Crippen molar-refractivity contribution in [1.82, 2.24) is 14.3 Å².